The zero-order valence-corrected chi connectivity index (χ0v) is 17.4. The van der Waals surface area contributed by atoms with Crippen LogP contribution < -0.4 is 0 Å². The Kier molecular flexibility index (Phi) is 10.4. The van der Waals surface area contributed by atoms with Crippen LogP contribution in [0.2, 0.25) is 0 Å². The minimum atomic E-state index is -0.0836. The summed E-state index contributed by atoms with van der Waals surface area (Å²) in [7, 11) is 1.85. The summed E-state index contributed by atoms with van der Waals surface area (Å²) in [5, 5.41) is 7.24. The second kappa shape index (κ2) is 11.7. The molecule has 1 fully saturated rings. The first-order chi connectivity index (χ1) is 12.1. The van der Waals surface area contributed by atoms with Crippen molar-refractivity contribution < 1.29 is 9.47 Å². The first-order valence-corrected chi connectivity index (χ1v) is 10.2. The van der Waals surface area contributed by atoms with E-state index in [0.717, 1.165) is 44.4 Å². The molecule has 1 saturated heterocycles. The highest BCUT2D eigenvalue weighted by molar-refractivity contribution is 5.85. The van der Waals surface area contributed by atoms with E-state index in [1.807, 2.05) is 7.11 Å². The summed E-state index contributed by atoms with van der Waals surface area (Å²) in [4.78, 5) is 0. The van der Waals surface area contributed by atoms with Gasteiger partial charge in [0.15, 0.2) is 0 Å². The molecule has 146 valence electrons. The first-order valence-electron chi connectivity index (χ1n) is 10.2. The summed E-state index contributed by atoms with van der Waals surface area (Å²) in [6.07, 6.45) is 9.87. The van der Waals surface area contributed by atoms with Crippen molar-refractivity contribution in [3.05, 3.63) is 11.6 Å². The topological polar surface area (TPSA) is 34.1 Å². The van der Waals surface area contributed by atoms with Gasteiger partial charge in [0, 0.05) is 13.7 Å². The van der Waals surface area contributed by atoms with Crippen molar-refractivity contribution in [2.45, 2.75) is 91.2 Å². The molecule has 1 aliphatic rings. The Morgan fingerprint density at radius 3 is 2.52 bits per heavy atom. The number of nitrogens with zero attached hydrogens (tertiary/aromatic N) is 2. The number of methoxy groups -OCH3 is 1. The van der Waals surface area contributed by atoms with Gasteiger partial charge in [0.25, 0.3) is 0 Å². The molecule has 1 aliphatic heterocycles. The maximum absolute atomic E-state index is 5.96. The lowest BCUT2D eigenvalue weighted by atomic mass is 9.87. The van der Waals surface area contributed by atoms with E-state index in [0.29, 0.717) is 19.3 Å². The monoisotopic (exact) mass is 352 g/mol. The van der Waals surface area contributed by atoms with E-state index in [1.165, 1.54) is 18.4 Å². The number of rotatable bonds is 12. The molecule has 4 heteroatoms. The summed E-state index contributed by atoms with van der Waals surface area (Å²) in [5.41, 5.74) is 2.46. The van der Waals surface area contributed by atoms with Gasteiger partial charge in [-0.15, -0.1) is 0 Å². The van der Waals surface area contributed by atoms with Crippen molar-refractivity contribution in [1.82, 2.24) is 5.01 Å². The standard InChI is InChI=1S/C21H40N2O2/c1-7-12-18(5)14-16-25-17-19(8-2)22-23-15-11-13-20(23)21(9-3,10-4)24-6/h14,20H,7-13,15-17H2,1-6H3/b18-14+,22-19+/t20-/m0/s1. The van der Waals surface area contributed by atoms with E-state index >= 15 is 0 Å². The van der Waals surface area contributed by atoms with Crippen molar-refractivity contribution in [3.63, 3.8) is 0 Å². The van der Waals surface area contributed by atoms with Crippen LogP contribution in [0, 0.1) is 0 Å². The quantitative estimate of drug-likeness (QED) is 0.275. The van der Waals surface area contributed by atoms with Crippen molar-refractivity contribution in [1.29, 1.82) is 0 Å². The molecule has 0 aromatic rings. The van der Waals surface area contributed by atoms with Gasteiger partial charge in [-0.3, -0.25) is 5.01 Å². The number of hydrogen-bond donors (Lipinski definition) is 0. The lowest BCUT2D eigenvalue weighted by Gasteiger charge is -2.40. The summed E-state index contributed by atoms with van der Waals surface area (Å²) < 4.78 is 11.8. The molecule has 0 N–H and O–H groups in total. The maximum Gasteiger partial charge on any atom is 0.0892 e. The van der Waals surface area contributed by atoms with Crippen LogP contribution in [-0.4, -0.2) is 49.2 Å². The lowest BCUT2D eigenvalue weighted by molar-refractivity contribution is -0.0733. The fourth-order valence-corrected chi connectivity index (χ4v) is 3.81. The van der Waals surface area contributed by atoms with Gasteiger partial charge in [-0.25, -0.2) is 0 Å². The second-order valence-corrected chi connectivity index (χ2v) is 7.13. The molecule has 4 nitrogen and oxygen atoms in total. The Morgan fingerprint density at radius 2 is 1.96 bits per heavy atom. The molecule has 0 radical (unpaired) electrons. The van der Waals surface area contributed by atoms with Gasteiger partial charge in [0.1, 0.15) is 0 Å². The molecule has 1 rings (SSSR count). The van der Waals surface area contributed by atoms with Crippen molar-refractivity contribution in [2.24, 2.45) is 5.10 Å². The third-order valence-corrected chi connectivity index (χ3v) is 5.58. The molecule has 0 spiro atoms. The zero-order chi connectivity index (χ0) is 18.7. The average molecular weight is 353 g/mol. The van der Waals surface area contributed by atoms with Crippen LogP contribution in [0.25, 0.3) is 0 Å². The Bertz CT molecular complexity index is 419. The van der Waals surface area contributed by atoms with Crippen molar-refractivity contribution in [3.8, 4) is 0 Å². The molecular formula is C21H40N2O2. The maximum atomic E-state index is 5.96. The number of hydrazone groups is 1. The number of ether oxygens (including phenoxy) is 2. The van der Waals surface area contributed by atoms with E-state index in [4.69, 9.17) is 14.6 Å². The Balaban J connectivity index is 2.68. The van der Waals surface area contributed by atoms with Gasteiger partial charge < -0.3 is 9.47 Å². The molecular weight excluding hydrogens is 312 g/mol. The van der Waals surface area contributed by atoms with Crippen LogP contribution in [0.1, 0.15) is 79.6 Å². The Hall–Kier alpha value is -0.870. The molecule has 0 saturated carbocycles. The largest absolute Gasteiger partial charge is 0.376 e. The molecule has 0 aromatic carbocycles. The predicted molar refractivity (Wildman–Crippen MR) is 107 cm³/mol. The highest BCUT2D eigenvalue weighted by Gasteiger charge is 2.42. The molecule has 0 bridgehead atoms. The van der Waals surface area contributed by atoms with Crippen molar-refractivity contribution in [2.75, 3.05) is 26.9 Å². The number of allylic oxidation sites excluding steroid dienone is 1. The fraction of sp³-hybridized carbons (Fsp3) is 0.857. The van der Waals surface area contributed by atoms with Crippen LogP contribution in [0.3, 0.4) is 0 Å². The molecule has 0 amide bonds. The summed E-state index contributed by atoms with van der Waals surface area (Å²) in [6, 6.07) is 0.376. The molecule has 0 unspecified atom stereocenters. The fourth-order valence-electron chi connectivity index (χ4n) is 3.81. The van der Waals surface area contributed by atoms with E-state index < -0.39 is 0 Å². The van der Waals surface area contributed by atoms with Crippen LogP contribution in [0.4, 0.5) is 0 Å². The third-order valence-electron chi connectivity index (χ3n) is 5.58. The summed E-state index contributed by atoms with van der Waals surface area (Å²) in [5.74, 6) is 0. The molecule has 0 aliphatic carbocycles. The Morgan fingerprint density at radius 1 is 1.24 bits per heavy atom. The highest BCUT2D eigenvalue weighted by Crippen LogP contribution is 2.34. The van der Waals surface area contributed by atoms with Gasteiger partial charge in [-0.2, -0.15) is 5.10 Å². The summed E-state index contributed by atoms with van der Waals surface area (Å²) in [6.45, 7) is 13.3. The second-order valence-electron chi connectivity index (χ2n) is 7.13. The molecule has 1 heterocycles. The smallest absolute Gasteiger partial charge is 0.0892 e. The van der Waals surface area contributed by atoms with Crippen LogP contribution >= 0.6 is 0 Å². The van der Waals surface area contributed by atoms with E-state index in [2.05, 4.69) is 45.7 Å². The zero-order valence-electron chi connectivity index (χ0n) is 17.4. The van der Waals surface area contributed by atoms with E-state index in [1.54, 1.807) is 0 Å². The summed E-state index contributed by atoms with van der Waals surface area (Å²) >= 11 is 0. The van der Waals surface area contributed by atoms with Crippen LogP contribution in [0.15, 0.2) is 16.8 Å². The van der Waals surface area contributed by atoms with Crippen molar-refractivity contribution >= 4 is 5.71 Å². The third kappa shape index (κ3) is 6.41. The van der Waals surface area contributed by atoms with Gasteiger partial charge in [0.05, 0.1) is 30.6 Å². The van der Waals surface area contributed by atoms with E-state index in [9.17, 15) is 0 Å². The van der Waals surface area contributed by atoms with E-state index in [-0.39, 0.29) is 5.60 Å². The van der Waals surface area contributed by atoms with Gasteiger partial charge >= 0.3 is 0 Å². The first kappa shape index (κ1) is 22.2. The molecule has 0 aromatic heterocycles. The van der Waals surface area contributed by atoms with Gasteiger partial charge in [-0.05, 0) is 45.4 Å². The predicted octanol–water partition coefficient (Wildman–Crippen LogP) is 5.19. The van der Waals surface area contributed by atoms with Gasteiger partial charge in [0.2, 0.25) is 0 Å². The normalized spacial score (nSPS) is 19.8. The van der Waals surface area contributed by atoms with Gasteiger partial charge in [-0.1, -0.05) is 45.8 Å². The highest BCUT2D eigenvalue weighted by atomic mass is 16.5. The molecule has 25 heavy (non-hydrogen) atoms. The molecule has 1 atom stereocenters. The minimum Gasteiger partial charge on any atom is -0.376 e. The van der Waals surface area contributed by atoms with Crippen LogP contribution in [-0.2, 0) is 9.47 Å². The SMILES string of the molecule is CCC/C(C)=C/COC/C(CC)=N/N1CCC[C@H]1C(CC)(CC)OC. The number of hydrogen-bond acceptors (Lipinski definition) is 4. The average Bonchev–Trinajstić information content (AvgIpc) is 3.09. The lowest BCUT2D eigenvalue weighted by Crippen LogP contribution is -2.49. The van der Waals surface area contributed by atoms with Crippen LogP contribution in [0.5, 0.6) is 0 Å². The minimum absolute atomic E-state index is 0.0836. The Labute approximate surface area is 155 Å².